The molecule has 1 amide bonds. The number of carbonyl (C=O) groups excluding carboxylic acids is 1. The van der Waals surface area contributed by atoms with Crippen molar-refractivity contribution in [2.75, 3.05) is 13.2 Å². The molecule has 0 radical (unpaired) electrons. The van der Waals surface area contributed by atoms with Crippen molar-refractivity contribution in [2.24, 2.45) is 5.41 Å². The zero-order chi connectivity index (χ0) is 14.3. The number of amides is 1. The molecule has 4 nitrogen and oxygen atoms in total. The monoisotopic (exact) mass is 278 g/mol. The molecule has 20 heavy (non-hydrogen) atoms. The molecule has 2 aliphatic rings. The quantitative estimate of drug-likeness (QED) is 0.621. The summed E-state index contributed by atoms with van der Waals surface area (Å²) in [4.78, 5) is 12.3. The molecule has 0 aromatic heterocycles. The molecule has 2 rings (SSSR count). The van der Waals surface area contributed by atoms with Crippen molar-refractivity contribution < 1.29 is 9.53 Å². The first kappa shape index (κ1) is 15.3. The van der Waals surface area contributed by atoms with Gasteiger partial charge in [0.15, 0.2) is 0 Å². The van der Waals surface area contributed by atoms with Crippen molar-refractivity contribution in [3.63, 3.8) is 0 Å². The molecule has 0 spiro atoms. The lowest BCUT2D eigenvalue weighted by Gasteiger charge is -2.23. The van der Waals surface area contributed by atoms with Crippen LogP contribution in [0.1, 0.15) is 64.2 Å². The van der Waals surface area contributed by atoms with Gasteiger partial charge >= 0.3 is 0 Å². The number of nitriles is 1. The molecular formula is C16H26N2O2. The fourth-order valence-corrected chi connectivity index (χ4v) is 3.34. The first-order valence-electron chi connectivity index (χ1n) is 8.08. The van der Waals surface area contributed by atoms with E-state index in [0.29, 0.717) is 32.1 Å². The molecule has 2 saturated carbocycles. The molecule has 0 unspecified atom stereocenters. The number of carbonyl (C=O) groups is 1. The minimum Gasteiger partial charge on any atom is -0.376 e. The zero-order valence-electron chi connectivity index (χ0n) is 12.3. The summed E-state index contributed by atoms with van der Waals surface area (Å²) in [6.07, 6.45) is 10.9. The first-order valence-corrected chi connectivity index (χ1v) is 8.08. The van der Waals surface area contributed by atoms with Crippen molar-refractivity contribution in [1.82, 2.24) is 5.32 Å². The SMILES string of the molecule is N#CC1(C(=O)NCCOC2CCCC2)CCCCCC1. The van der Waals surface area contributed by atoms with Gasteiger partial charge < -0.3 is 10.1 Å². The lowest BCUT2D eigenvalue weighted by molar-refractivity contribution is -0.129. The van der Waals surface area contributed by atoms with Gasteiger partial charge in [-0.05, 0) is 25.7 Å². The molecule has 112 valence electrons. The van der Waals surface area contributed by atoms with Gasteiger partial charge in [-0.25, -0.2) is 0 Å². The van der Waals surface area contributed by atoms with E-state index in [1.54, 1.807) is 0 Å². The fourth-order valence-electron chi connectivity index (χ4n) is 3.34. The second-order valence-electron chi connectivity index (χ2n) is 6.14. The second kappa shape index (κ2) is 7.64. The molecule has 0 aromatic rings. The Balaban J connectivity index is 1.73. The van der Waals surface area contributed by atoms with E-state index >= 15 is 0 Å². The van der Waals surface area contributed by atoms with Crippen LogP contribution >= 0.6 is 0 Å². The molecule has 2 fully saturated rings. The maximum Gasteiger partial charge on any atom is 0.240 e. The molecular weight excluding hydrogens is 252 g/mol. The third kappa shape index (κ3) is 3.96. The van der Waals surface area contributed by atoms with Crippen LogP contribution in [-0.2, 0) is 9.53 Å². The molecule has 2 aliphatic carbocycles. The van der Waals surface area contributed by atoms with Crippen LogP contribution in [0.2, 0.25) is 0 Å². The maximum atomic E-state index is 12.3. The molecule has 0 aliphatic heterocycles. The van der Waals surface area contributed by atoms with Crippen molar-refractivity contribution in [3.8, 4) is 6.07 Å². The Hall–Kier alpha value is -1.08. The van der Waals surface area contributed by atoms with E-state index in [0.717, 1.165) is 38.5 Å². The maximum absolute atomic E-state index is 12.3. The van der Waals surface area contributed by atoms with E-state index < -0.39 is 5.41 Å². The fraction of sp³-hybridized carbons (Fsp3) is 0.875. The number of nitrogens with one attached hydrogen (secondary N) is 1. The van der Waals surface area contributed by atoms with Crippen molar-refractivity contribution >= 4 is 5.91 Å². The summed E-state index contributed by atoms with van der Waals surface area (Å²) in [7, 11) is 0. The smallest absolute Gasteiger partial charge is 0.240 e. The van der Waals surface area contributed by atoms with E-state index in [4.69, 9.17) is 4.74 Å². The number of ether oxygens (including phenoxy) is 1. The topological polar surface area (TPSA) is 62.1 Å². The highest BCUT2D eigenvalue weighted by Gasteiger charge is 2.38. The Kier molecular flexibility index (Phi) is 5.85. The number of rotatable bonds is 5. The third-order valence-electron chi connectivity index (χ3n) is 4.65. The van der Waals surface area contributed by atoms with Gasteiger partial charge in [0.2, 0.25) is 5.91 Å². The van der Waals surface area contributed by atoms with E-state index in [2.05, 4.69) is 11.4 Å². The highest BCUT2D eigenvalue weighted by atomic mass is 16.5. The molecule has 0 atom stereocenters. The Bertz CT molecular complexity index is 348. The van der Waals surface area contributed by atoms with Gasteiger partial charge in [-0.3, -0.25) is 4.79 Å². The van der Waals surface area contributed by atoms with Crippen LogP contribution in [0.15, 0.2) is 0 Å². The summed E-state index contributed by atoms with van der Waals surface area (Å²) in [6, 6.07) is 2.29. The molecule has 0 saturated heterocycles. The van der Waals surface area contributed by atoms with Gasteiger partial charge in [0.05, 0.1) is 18.8 Å². The van der Waals surface area contributed by atoms with Crippen LogP contribution in [0.3, 0.4) is 0 Å². The summed E-state index contributed by atoms with van der Waals surface area (Å²) < 4.78 is 5.73. The minimum atomic E-state index is -0.788. The molecule has 0 heterocycles. The Morgan fingerprint density at radius 3 is 2.40 bits per heavy atom. The lowest BCUT2D eigenvalue weighted by Crippen LogP contribution is -2.41. The Morgan fingerprint density at radius 2 is 1.80 bits per heavy atom. The predicted octanol–water partition coefficient (Wildman–Crippen LogP) is 2.93. The zero-order valence-corrected chi connectivity index (χ0v) is 12.3. The van der Waals surface area contributed by atoms with E-state index in [1.807, 2.05) is 0 Å². The summed E-state index contributed by atoms with van der Waals surface area (Å²) in [5.74, 6) is -0.0862. The predicted molar refractivity (Wildman–Crippen MR) is 77.0 cm³/mol. The summed E-state index contributed by atoms with van der Waals surface area (Å²) in [6.45, 7) is 1.09. The van der Waals surface area contributed by atoms with E-state index in [9.17, 15) is 10.1 Å². The standard InChI is InChI=1S/C16H26N2O2/c17-13-16(9-5-1-2-6-10-16)15(19)18-11-12-20-14-7-3-4-8-14/h14H,1-12H2,(H,18,19). The van der Waals surface area contributed by atoms with Crippen molar-refractivity contribution in [2.45, 2.75) is 70.3 Å². The van der Waals surface area contributed by atoms with Gasteiger partial charge in [-0.15, -0.1) is 0 Å². The summed E-state index contributed by atoms with van der Waals surface area (Å²) in [5, 5.41) is 12.3. The highest BCUT2D eigenvalue weighted by molar-refractivity contribution is 5.85. The Morgan fingerprint density at radius 1 is 1.15 bits per heavy atom. The number of nitrogens with zero attached hydrogens (tertiary/aromatic N) is 1. The average molecular weight is 278 g/mol. The van der Waals surface area contributed by atoms with Gasteiger partial charge in [-0.2, -0.15) is 5.26 Å². The third-order valence-corrected chi connectivity index (χ3v) is 4.65. The normalized spacial score (nSPS) is 22.9. The van der Waals surface area contributed by atoms with Crippen LogP contribution in [0.4, 0.5) is 0 Å². The Labute approximate surface area is 121 Å². The van der Waals surface area contributed by atoms with Gasteiger partial charge in [0.25, 0.3) is 0 Å². The van der Waals surface area contributed by atoms with E-state index in [1.165, 1.54) is 12.8 Å². The minimum absolute atomic E-state index is 0.0862. The van der Waals surface area contributed by atoms with Crippen LogP contribution < -0.4 is 5.32 Å². The van der Waals surface area contributed by atoms with Crippen molar-refractivity contribution in [1.29, 1.82) is 5.26 Å². The first-order chi connectivity index (χ1) is 9.77. The van der Waals surface area contributed by atoms with Crippen LogP contribution in [0.5, 0.6) is 0 Å². The van der Waals surface area contributed by atoms with Crippen LogP contribution in [0, 0.1) is 16.7 Å². The van der Waals surface area contributed by atoms with E-state index in [-0.39, 0.29) is 5.91 Å². The van der Waals surface area contributed by atoms with Gasteiger partial charge in [0, 0.05) is 6.54 Å². The molecule has 1 N–H and O–H groups in total. The molecule has 4 heteroatoms. The second-order valence-corrected chi connectivity index (χ2v) is 6.14. The summed E-state index contributed by atoms with van der Waals surface area (Å²) >= 11 is 0. The summed E-state index contributed by atoms with van der Waals surface area (Å²) in [5.41, 5.74) is -0.788. The van der Waals surface area contributed by atoms with Crippen molar-refractivity contribution in [3.05, 3.63) is 0 Å². The number of hydrogen-bond acceptors (Lipinski definition) is 3. The lowest BCUT2D eigenvalue weighted by atomic mass is 9.81. The molecule has 0 bridgehead atoms. The van der Waals surface area contributed by atoms with Crippen LogP contribution in [0.25, 0.3) is 0 Å². The highest BCUT2D eigenvalue weighted by Crippen LogP contribution is 2.34. The molecule has 0 aromatic carbocycles. The van der Waals surface area contributed by atoms with Gasteiger partial charge in [-0.1, -0.05) is 38.5 Å². The number of hydrogen-bond donors (Lipinski definition) is 1. The van der Waals surface area contributed by atoms with Crippen LogP contribution in [-0.4, -0.2) is 25.2 Å². The largest absolute Gasteiger partial charge is 0.376 e. The average Bonchev–Trinajstić information content (AvgIpc) is 2.86. The van der Waals surface area contributed by atoms with Gasteiger partial charge in [0.1, 0.15) is 5.41 Å².